The molecule has 26 heavy (non-hydrogen) atoms. The van der Waals surface area contributed by atoms with E-state index in [1.165, 1.54) is 0 Å². The van der Waals surface area contributed by atoms with Crippen molar-refractivity contribution in [1.82, 2.24) is 9.47 Å². The Kier molecular flexibility index (Phi) is 5.27. The van der Waals surface area contributed by atoms with Gasteiger partial charge in [0.05, 0.1) is 11.0 Å². The summed E-state index contributed by atoms with van der Waals surface area (Å²) in [5.41, 5.74) is 1.72. The lowest BCUT2D eigenvalue weighted by Gasteiger charge is -2.13. The van der Waals surface area contributed by atoms with Gasteiger partial charge in [0.2, 0.25) is 0 Å². The molecule has 0 atom stereocenters. The zero-order chi connectivity index (χ0) is 18.7. The molecule has 1 aliphatic rings. The van der Waals surface area contributed by atoms with Gasteiger partial charge >= 0.3 is 5.97 Å². The maximum absolute atomic E-state index is 12.5. The highest BCUT2D eigenvalue weighted by Gasteiger charge is 2.37. The summed E-state index contributed by atoms with van der Waals surface area (Å²) in [4.78, 5) is 37.6. The number of thioether (sulfide) groups is 1. The van der Waals surface area contributed by atoms with Gasteiger partial charge in [0.1, 0.15) is 6.54 Å². The van der Waals surface area contributed by atoms with Crippen molar-refractivity contribution in [3.8, 4) is 5.69 Å². The van der Waals surface area contributed by atoms with Crippen LogP contribution in [0.1, 0.15) is 19.5 Å². The van der Waals surface area contributed by atoms with Crippen LogP contribution in [-0.2, 0) is 14.3 Å². The highest BCUT2D eigenvalue weighted by Crippen LogP contribution is 2.32. The molecule has 0 radical (unpaired) electrons. The number of carbonyl (C=O) groups is 3. The SMILES string of the molecule is CC(C)OC(=O)CN1C(=O)S/C(=C\c2cccn2-c2ccccc2)C1=O. The van der Waals surface area contributed by atoms with E-state index >= 15 is 0 Å². The number of carbonyl (C=O) groups excluding carboxylic acids is 3. The molecule has 2 heterocycles. The quantitative estimate of drug-likeness (QED) is 0.595. The summed E-state index contributed by atoms with van der Waals surface area (Å²) in [5, 5.41) is -0.472. The fourth-order valence-electron chi connectivity index (χ4n) is 2.54. The van der Waals surface area contributed by atoms with Crippen molar-refractivity contribution < 1.29 is 19.1 Å². The van der Waals surface area contributed by atoms with Gasteiger partial charge in [-0.15, -0.1) is 0 Å². The molecule has 1 aliphatic heterocycles. The molecule has 3 rings (SSSR count). The van der Waals surface area contributed by atoms with Crippen LogP contribution in [0.2, 0.25) is 0 Å². The normalized spacial score (nSPS) is 16.0. The molecule has 0 spiro atoms. The number of nitrogens with zero attached hydrogens (tertiary/aromatic N) is 2. The van der Waals surface area contributed by atoms with Crippen LogP contribution in [-0.4, -0.2) is 39.2 Å². The van der Waals surface area contributed by atoms with Crippen molar-refractivity contribution in [2.75, 3.05) is 6.54 Å². The smallest absolute Gasteiger partial charge is 0.326 e. The van der Waals surface area contributed by atoms with Crippen LogP contribution < -0.4 is 0 Å². The highest BCUT2D eigenvalue weighted by atomic mass is 32.2. The molecule has 2 aromatic rings. The van der Waals surface area contributed by atoms with Crippen LogP contribution in [0.5, 0.6) is 0 Å². The molecule has 1 aromatic heterocycles. The fraction of sp³-hybridized carbons (Fsp3) is 0.211. The Morgan fingerprint density at radius 1 is 1.15 bits per heavy atom. The van der Waals surface area contributed by atoms with Gasteiger partial charge in [0, 0.05) is 17.6 Å². The predicted octanol–water partition coefficient (Wildman–Crippen LogP) is 3.47. The van der Waals surface area contributed by atoms with Crippen molar-refractivity contribution in [2.24, 2.45) is 0 Å². The van der Waals surface area contributed by atoms with Gasteiger partial charge in [0.25, 0.3) is 11.1 Å². The number of aromatic nitrogens is 1. The molecule has 0 aliphatic carbocycles. The largest absolute Gasteiger partial charge is 0.462 e. The number of amides is 2. The second-order valence-electron chi connectivity index (χ2n) is 5.95. The van der Waals surface area contributed by atoms with E-state index in [4.69, 9.17) is 4.74 Å². The van der Waals surface area contributed by atoms with E-state index in [0.29, 0.717) is 0 Å². The molecular formula is C19H18N2O4S. The van der Waals surface area contributed by atoms with E-state index in [9.17, 15) is 14.4 Å². The maximum Gasteiger partial charge on any atom is 0.326 e. The number of ether oxygens (including phenoxy) is 1. The molecule has 1 aromatic carbocycles. The Labute approximate surface area is 155 Å². The fourth-order valence-corrected chi connectivity index (χ4v) is 3.36. The molecule has 2 amide bonds. The summed E-state index contributed by atoms with van der Waals surface area (Å²) in [6.45, 7) is 3.05. The standard InChI is InChI=1S/C19H18N2O4S/c1-13(2)25-17(22)12-21-18(23)16(26-19(21)24)11-15-9-6-10-20(15)14-7-4-3-5-8-14/h3-11,13H,12H2,1-2H3/b16-11-. The molecule has 0 bridgehead atoms. The van der Waals surface area contributed by atoms with Crippen molar-refractivity contribution in [3.05, 3.63) is 59.3 Å². The van der Waals surface area contributed by atoms with Crippen LogP contribution in [0.4, 0.5) is 4.79 Å². The van der Waals surface area contributed by atoms with Crippen LogP contribution in [0.15, 0.2) is 53.6 Å². The maximum atomic E-state index is 12.5. The molecular weight excluding hydrogens is 352 g/mol. The molecule has 7 heteroatoms. The Morgan fingerprint density at radius 3 is 2.58 bits per heavy atom. The van der Waals surface area contributed by atoms with E-state index in [-0.39, 0.29) is 17.6 Å². The molecule has 1 saturated heterocycles. The average molecular weight is 370 g/mol. The van der Waals surface area contributed by atoms with E-state index in [1.807, 2.05) is 53.2 Å². The van der Waals surface area contributed by atoms with Crippen molar-refractivity contribution in [2.45, 2.75) is 20.0 Å². The number of esters is 1. The minimum Gasteiger partial charge on any atom is -0.462 e. The van der Waals surface area contributed by atoms with Crippen LogP contribution in [0.25, 0.3) is 11.8 Å². The summed E-state index contributed by atoms with van der Waals surface area (Å²) < 4.78 is 6.93. The number of rotatable bonds is 5. The summed E-state index contributed by atoms with van der Waals surface area (Å²) >= 11 is 0.822. The second-order valence-corrected chi connectivity index (χ2v) is 6.94. The van der Waals surface area contributed by atoms with Crippen LogP contribution >= 0.6 is 11.8 Å². The van der Waals surface area contributed by atoms with Gasteiger partial charge in [-0.2, -0.15) is 0 Å². The zero-order valence-electron chi connectivity index (χ0n) is 14.4. The Balaban J connectivity index is 1.81. The van der Waals surface area contributed by atoms with Crippen molar-refractivity contribution in [1.29, 1.82) is 0 Å². The molecule has 0 unspecified atom stereocenters. The third kappa shape index (κ3) is 3.88. The third-order valence-corrected chi connectivity index (χ3v) is 4.53. The topological polar surface area (TPSA) is 68.6 Å². The Hall–Kier alpha value is -2.80. The molecule has 6 nitrogen and oxygen atoms in total. The van der Waals surface area contributed by atoms with E-state index in [0.717, 1.165) is 28.0 Å². The minimum absolute atomic E-state index is 0.281. The first kappa shape index (κ1) is 18.0. The zero-order valence-corrected chi connectivity index (χ0v) is 15.2. The second kappa shape index (κ2) is 7.61. The number of hydrogen-bond donors (Lipinski definition) is 0. The van der Waals surface area contributed by atoms with Gasteiger partial charge in [-0.05, 0) is 56.0 Å². The van der Waals surface area contributed by atoms with E-state index in [2.05, 4.69) is 0 Å². The van der Waals surface area contributed by atoms with E-state index in [1.54, 1.807) is 19.9 Å². The Bertz CT molecular complexity index is 871. The lowest BCUT2D eigenvalue weighted by Crippen LogP contribution is -2.35. The minimum atomic E-state index is -0.601. The molecule has 134 valence electrons. The van der Waals surface area contributed by atoms with E-state index < -0.39 is 17.1 Å². The highest BCUT2D eigenvalue weighted by molar-refractivity contribution is 8.18. The summed E-state index contributed by atoms with van der Waals surface area (Å²) in [5.74, 6) is -1.09. The number of imide groups is 1. The first-order valence-electron chi connectivity index (χ1n) is 8.13. The predicted molar refractivity (Wildman–Crippen MR) is 99.7 cm³/mol. The van der Waals surface area contributed by atoms with Crippen LogP contribution in [0, 0.1) is 0 Å². The van der Waals surface area contributed by atoms with Gasteiger partial charge in [-0.25, -0.2) is 0 Å². The lowest BCUT2D eigenvalue weighted by molar-refractivity contribution is -0.149. The van der Waals surface area contributed by atoms with Crippen LogP contribution in [0.3, 0.4) is 0 Å². The third-order valence-electron chi connectivity index (χ3n) is 3.62. The van der Waals surface area contributed by atoms with Gasteiger partial charge in [-0.1, -0.05) is 18.2 Å². The average Bonchev–Trinajstić information content (AvgIpc) is 3.15. The number of hydrogen-bond acceptors (Lipinski definition) is 5. The van der Waals surface area contributed by atoms with Gasteiger partial charge < -0.3 is 9.30 Å². The molecule has 0 saturated carbocycles. The summed E-state index contributed by atoms with van der Waals surface area (Å²) in [6, 6.07) is 13.4. The summed E-state index contributed by atoms with van der Waals surface area (Å²) in [7, 11) is 0. The summed E-state index contributed by atoms with van der Waals surface area (Å²) in [6.07, 6.45) is 3.24. The molecule has 1 fully saturated rings. The lowest BCUT2D eigenvalue weighted by atomic mass is 10.3. The van der Waals surface area contributed by atoms with Crippen molar-refractivity contribution in [3.63, 3.8) is 0 Å². The first-order valence-corrected chi connectivity index (χ1v) is 8.95. The van der Waals surface area contributed by atoms with Gasteiger partial charge in [0.15, 0.2) is 0 Å². The monoisotopic (exact) mass is 370 g/mol. The number of para-hydroxylation sites is 1. The van der Waals surface area contributed by atoms with Crippen molar-refractivity contribution >= 4 is 35.0 Å². The molecule has 0 N–H and O–H groups in total. The first-order chi connectivity index (χ1) is 12.5. The Morgan fingerprint density at radius 2 is 1.88 bits per heavy atom. The number of benzene rings is 1. The van der Waals surface area contributed by atoms with Gasteiger partial charge in [-0.3, -0.25) is 19.3 Å².